The van der Waals surface area contributed by atoms with Gasteiger partial charge in [-0.3, -0.25) is 19.6 Å². The van der Waals surface area contributed by atoms with Crippen molar-refractivity contribution >= 4 is 24.0 Å². The van der Waals surface area contributed by atoms with E-state index in [-0.39, 0.29) is 12.1 Å². The summed E-state index contributed by atoms with van der Waals surface area (Å²) in [7, 11) is 0. The molecule has 4 amide bonds. The summed E-state index contributed by atoms with van der Waals surface area (Å²) in [4.78, 5) is 45.0. The Morgan fingerprint density at radius 3 is 1.14 bits per heavy atom. The van der Waals surface area contributed by atoms with E-state index in [0.717, 1.165) is 76.4 Å². The summed E-state index contributed by atoms with van der Waals surface area (Å²) in [6, 6.07) is 1.88. The number of carbonyl (C=O) groups excluding carboxylic acids is 2. The minimum atomic E-state index is 0.189. The molecule has 0 aromatic heterocycles. The third-order valence-electron chi connectivity index (χ3n) is 10.9. The van der Waals surface area contributed by atoms with Gasteiger partial charge >= 0.3 is 12.1 Å². The molecule has 42 heavy (non-hydrogen) atoms. The minimum absolute atomic E-state index is 0.189. The molecule has 6 rings (SSSR count). The zero-order chi connectivity index (χ0) is 28.7. The maximum Gasteiger partial charge on any atom is 0.333 e. The smallest absolute Gasteiger partial charge is 0.264 e. The molecule has 6 fully saturated rings. The minimum Gasteiger partial charge on any atom is -0.264 e. The average molecular weight is 581 g/mol. The fourth-order valence-corrected chi connectivity index (χ4v) is 8.39. The SMILES string of the molecule is O=C1N(CCCCCCN2C(=O)N(C3CCCCC3)/C2=N/C2CCCCC2)/C(=N\C2CCCCC2)N1C1CCCCC1. The molecule has 4 aliphatic carbocycles. The van der Waals surface area contributed by atoms with E-state index in [1.165, 1.54) is 103 Å². The van der Waals surface area contributed by atoms with Gasteiger partial charge in [-0.05, 0) is 64.2 Å². The molecule has 0 N–H and O–H groups in total. The Hall–Kier alpha value is -2.12. The average Bonchev–Trinajstić information content (AvgIpc) is 3.04. The quantitative estimate of drug-likeness (QED) is 0.232. The maximum atomic E-state index is 13.3. The van der Waals surface area contributed by atoms with Crippen LogP contribution in [0.1, 0.15) is 154 Å². The third-order valence-corrected chi connectivity index (χ3v) is 10.9. The van der Waals surface area contributed by atoms with Gasteiger partial charge in [0.15, 0.2) is 0 Å². The van der Waals surface area contributed by atoms with E-state index in [1.807, 2.05) is 9.80 Å². The predicted octanol–water partition coefficient (Wildman–Crippen LogP) is 8.06. The first-order valence-electron chi connectivity index (χ1n) is 18.1. The van der Waals surface area contributed by atoms with Gasteiger partial charge in [-0.2, -0.15) is 0 Å². The number of guanidine groups is 2. The maximum absolute atomic E-state index is 13.3. The lowest BCUT2D eigenvalue weighted by Gasteiger charge is -2.48. The third kappa shape index (κ3) is 6.83. The number of aliphatic imine (C=N–C) groups is 2. The van der Waals surface area contributed by atoms with Crippen molar-refractivity contribution < 1.29 is 9.59 Å². The molecule has 8 nitrogen and oxygen atoms in total. The van der Waals surface area contributed by atoms with E-state index in [1.54, 1.807) is 0 Å². The Kier molecular flexibility index (Phi) is 10.4. The Morgan fingerprint density at radius 1 is 0.452 bits per heavy atom. The Morgan fingerprint density at radius 2 is 0.786 bits per heavy atom. The standard InChI is InChI=1S/C34H56N6O2/c41-33-37(31(35-27-17-7-3-8-18-27)39(33)29-21-11-5-12-22-29)25-15-1-2-16-26-38-32(36-28-19-9-4-10-20-28)40(34(38)42)30-23-13-6-14-24-30/h27-30H,1-26H2/b35-31+,36-32+. The van der Waals surface area contributed by atoms with Crippen molar-refractivity contribution in [1.29, 1.82) is 0 Å². The molecular formula is C34H56N6O2. The zero-order valence-electron chi connectivity index (χ0n) is 26.2. The Labute approximate surface area is 254 Å². The lowest BCUT2D eigenvalue weighted by Crippen LogP contribution is -2.68. The van der Waals surface area contributed by atoms with Crippen molar-refractivity contribution in [3.05, 3.63) is 0 Å². The van der Waals surface area contributed by atoms with Gasteiger partial charge in [0.2, 0.25) is 11.9 Å². The molecule has 0 aromatic carbocycles. The van der Waals surface area contributed by atoms with Crippen LogP contribution in [0.4, 0.5) is 9.59 Å². The van der Waals surface area contributed by atoms with E-state index in [0.29, 0.717) is 24.2 Å². The van der Waals surface area contributed by atoms with Gasteiger partial charge in [0.1, 0.15) is 0 Å². The molecule has 0 spiro atoms. The van der Waals surface area contributed by atoms with Gasteiger partial charge in [-0.25, -0.2) is 19.6 Å². The number of unbranched alkanes of at least 4 members (excludes halogenated alkanes) is 3. The molecule has 234 valence electrons. The van der Waals surface area contributed by atoms with Crippen LogP contribution in [0.15, 0.2) is 9.98 Å². The molecule has 0 atom stereocenters. The first-order chi connectivity index (χ1) is 20.7. The van der Waals surface area contributed by atoms with Crippen LogP contribution in [0.25, 0.3) is 0 Å². The number of carbonyl (C=O) groups is 2. The van der Waals surface area contributed by atoms with Crippen LogP contribution in [0.2, 0.25) is 0 Å². The number of rotatable bonds is 11. The van der Waals surface area contributed by atoms with Crippen LogP contribution in [0.3, 0.4) is 0 Å². The first-order valence-corrected chi connectivity index (χ1v) is 18.1. The van der Waals surface area contributed by atoms with Crippen LogP contribution in [0, 0.1) is 0 Å². The van der Waals surface area contributed by atoms with Crippen molar-refractivity contribution in [2.24, 2.45) is 9.98 Å². The molecule has 2 aliphatic heterocycles. The second-order valence-corrected chi connectivity index (χ2v) is 14.0. The van der Waals surface area contributed by atoms with Crippen molar-refractivity contribution in [1.82, 2.24) is 19.6 Å². The monoisotopic (exact) mass is 580 g/mol. The number of amides is 4. The van der Waals surface area contributed by atoms with E-state index in [2.05, 4.69) is 9.80 Å². The van der Waals surface area contributed by atoms with Crippen molar-refractivity contribution in [2.75, 3.05) is 13.1 Å². The van der Waals surface area contributed by atoms with E-state index < -0.39 is 0 Å². The topological polar surface area (TPSA) is 71.8 Å². The van der Waals surface area contributed by atoms with Crippen LogP contribution < -0.4 is 0 Å². The van der Waals surface area contributed by atoms with Gasteiger partial charge in [0.05, 0.1) is 12.1 Å². The van der Waals surface area contributed by atoms with Crippen LogP contribution in [0.5, 0.6) is 0 Å². The second kappa shape index (κ2) is 14.6. The molecule has 6 aliphatic rings. The highest BCUT2D eigenvalue weighted by Gasteiger charge is 2.47. The Bertz CT molecular complexity index is 895. The van der Waals surface area contributed by atoms with Gasteiger partial charge in [0, 0.05) is 25.2 Å². The van der Waals surface area contributed by atoms with E-state index >= 15 is 0 Å². The summed E-state index contributed by atoms with van der Waals surface area (Å²) < 4.78 is 0. The van der Waals surface area contributed by atoms with Crippen LogP contribution in [-0.2, 0) is 0 Å². The van der Waals surface area contributed by atoms with Crippen molar-refractivity contribution in [3.8, 4) is 0 Å². The molecule has 0 unspecified atom stereocenters. The highest BCUT2D eigenvalue weighted by molar-refractivity contribution is 6.15. The van der Waals surface area contributed by atoms with Crippen molar-refractivity contribution in [3.63, 3.8) is 0 Å². The summed E-state index contributed by atoms with van der Waals surface area (Å²) >= 11 is 0. The van der Waals surface area contributed by atoms with Crippen LogP contribution in [-0.4, -0.2) is 80.8 Å². The molecule has 2 heterocycles. The summed E-state index contributed by atoms with van der Waals surface area (Å²) in [5.41, 5.74) is 0. The molecule has 2 saturated heterocycles. The van der Waals surface area contributed by atoms with Gasteiger partial charge < -0.3 is 0 Å². The fourth-order valence-electron chi connectivity index (χ4n) is 8.39. The number of nitrogens with zero attached hydrogens (tertiary/aromatic N) is 6. The molecule has 8 heteroatoms. The first kappa shape index (κ1) is 29.9. The fraction of sp³-hybridized carbons (Fsp3) is 0.882. The summed E-state index contributed by atoms with van der Waals surface area (Å²) in [6.07, 6.45) is 28.6. The number of urea groups is 2. The molecule has 0 aromatic rings. The van der Waals surface area contributed by atoms with Crippen molar-refractivity contribution in [2.45, 2.75) is 178 Å². The normalized spacial score (nSPS) is 27.7. The predicted molar refractivity (Wildman–Crippen MR) is 169 cm³/mol. The van der Waals surface area contributed by atoms with E-state index in [9.17, 15) is 9.59 Å². The van der Waals surface area contributed by atoms with Gasteiger partial charge in [-0.1, -0.05) is 89.9 Å². The van der Waals surface area contributed by atoms with Gasteiger partial charge in [-0.15, -0.1) is 0 Å². The number of hydrogen-bond acceptors (Lipinski definition) is 4. The molecule has 0 bridgehead atoms. The molecule has 4 saturated carbocycles. The molecule has 0 radical (unpaired) electrons. The second-order valence-electron chi connectivity index (χ2n) is 14.0. The highest BCUT2D eigenvalue weighted by atomic mass is 16.2. The summed E-state index contributed by atoms with van der Waals surface area (Å²) in [6.45, 7) is 1.56. The molecular weight excluding hydrogens is 524 g/mol. The Balaban J connectivity index is 0.985. The lowest BCUT2D eigenvalue weighted by atomic mass is 9.93. The zero-order valence-corrected chi connectivity index (χ0v) is 26.2. The lowest BCUT2D eigenvalue weighted by molar-refractivity contribution is 0.127. The number of hydrogen-bond donors (Lipinski definition) is 0. The van der Waals surface area contributed by atoms with E-state index in [4.69, 9.17) is 9.98 Å². The summed E-state index contributed by atoms with van der Waals surface area (Å²) in [5.74, 6) is 1.97. The van der Waals surface area contributed by atoms with Gasteiger partial charge in [0.25, 0.3) is 0 Å². The summed E-state index contributed by atoms with van der Waals surface area (Å²) in [5, 5.41) is 0. The largest absolute Gasteiger partial charge is 0.333 e. The van der Waals surface area contributed by atoms with Crippen LogP contribution >= 0.6 is 0 Å². The highest BCUT2D eigenvalue weighted by Crippen LogP contribution is 2.33.